The van der Waals surface area contributed by atoms with Crippen LogP contribution in [0.25, 0.3) is 0 Å². The molecule has 2 aromatic heterocycles. The lowest BCUT2D eigenvalue weighted by atomic mass is 9.93. The minimum atomic E-state index is -1.06. The van der Waals surface area contributed by atoms with Gasteiger partial charge in [0.25, 0.3) is 0 Å². The van der Waals surface area contributed by atoms with E-state index in [9.17, 15) is 9.90 Å². The van der Waals surface area contributed by atoms with Gasteiger partial charge in [0.15, 0.2) is 5.69 Å². The first-order valence-electron chi connectivity index (χ1n) is 6.81. The van der Waals surface area contributed by atoms with Crippen molar-refractivity contribution >= 4 is 5.97 Å². The third-order valence-electron chi connectivity index (χ3n) is 3.55. The number of rotatable bonds is 4. The molecule has 1 fully saturated rings. The molecule has 0 bridgehead atoms. The minimum absolute atomic E-state index is 0.0122. The van der Waals surface area contributed by atoms with Gasteiger partial charge >= 0.3 is 5.97 Å². The maximum absolute atomic E-state index is 11.4. The predicted molar refractivity (Wildman–Crippen MR) is 70.0 cm³/mol. The quantitative estimate of drug-likeness (QED) is 0.819. The lowest BCUT2D eigenvalue weighted by Gasteiger charge is -2.23. The van der Waals surface area contributed by atoms with Crippen molar-refractivity contribution in [3.63, 3.8) is 0 Å². The molecule has 0 spiro atoms. The number of piperidine rings is 1. The highest BCUT2D eigenvalue weighted by atomic mass is 16.4. The van der Waals surface area contributed by atoms with Crippen LogP contribution in [0.5, 0.6) is 0 Å². The van der Waals surface area contributed by atoms with Crippen LogP contribution in [-0.4, -0.2) is 49.4 Å². The number of nitrogens with zero attached hydrogens (tertiary/aromatic N) is 5. The molecule has 3 heterocycles. The molecule has 3 rings (SSSR count). The largest absolute Gasteiger partial charge is 0.476 e. The number of carbonyl (C=O) groups is 1. The van der Waals surface area contributed by atoms with Crippen molar-refractivity contribution in [3.05, 3.63) is 23.2 Å². The molecule has 0 unspecified atom stereocenters. The molecule has 0 amide bonds. The van der Waals surface area contributed by atoms with Gasteiger partial charge < -0.3 is 14.8 Å². The summed E-state index contributed by atoms with van der Waals surface area (Å²) in [5.41, 5.74) is 0.651. The van der Waals surface area contributed by atoms with Crippen molar-refractivity contribution in [2.45, 2.75) is 32.2 Å². The van der Waals surface area contributed by atoms with Crippen molar-refractivity contribution in [1.82, 2.24) is 30.5 Å². The molecule has 1 saturated heterocycles. The SMILES string of the molecule is Cc1nnc(Cn2nnc(C(=O)O)c2C2CCNCC2)o1. The Morgan fingerprint density at radius 2 is 2.14 bits per heavy atom. The molecule has 1 aliphatic heterocycles. The standard InChI is InChI=1S/C12H16N6O3/c1-7-14-15-9(21-7)6-18-11(8-2-4-13-5-3-8)10(12(19)20)16-17-18/h8,13H,2-6H2,1H3,(H,19,20). The first-order chi connectivity index (χ1) is 10.1. The number of aromatic nitrogens is 5. The summed E-state index contributed by atoms with van der Waals surface area (Å²) in [6.45, 7) is 3.65. The van der Waals surface area contributed by atoms with Gasteiger partial charge in [0, 0.05) is 12.8 Å². The van der Waals surface area contributed by atoms with Crippen LogP contribution in [0.1, 0.15) is 46.7 Å². The fraction of sp³-hybridized carbons (Fsp3) is 0.583. The number of carboxylic acids is 1. The van der Waals surface area contributed by atoms with Crippen molar-refractivity contribution in [3.8, 4) is 0 Å². The molecule has 21 heavy (non-hydrogen) atoms. The van der Waals surface area contributed by atoms with Gasteiger partial charge in [-0.25, -0.2) is 9.48 Å². The molecule has 1 aliphatic rings. The Morgan fingerprint density at radius 1 is 1.38 bits per heavy atom. The second-order valence-electron chi connectivity index (χ2n) is 5.03. The van der Waals surface area contributed by atoms with E-state index in [1.165, 1.54) is 0 Å². The second kappa shape index (κ2) is 5.60. The minimum Gasteiger partial charge on any atom is -0.476 e. The molecule has 9 nitrogen and oxygen atoms in total. The number of carboxylic acid groups (broad SMARTS) is 1. The van der Waals surface area contributed by atoms with E-state index >= 15 is 0 Å². The first kappa shape index (κ1) is 13.7. The highest BCUT2D eigenvalue weighted by Crippen LogP contribution is 2.27. The molecule has 0 aromatic carbocycles. The Morgan fingerprint density at radius 3 is 2.76 bits per heavy atom. The molecule has 0 atom stereocenters. The normalized spacial score (nSPS) is 16.2. The van der Waals surface area contributed by atoms with E-state index in [2.05, 4.69) is 25.8 Å². The second-order valence-corrected chi connectivity index (χ2v) is 5.03. The van der Waals surface area contributed by atoms with Gasteiger partial charge in [-0.2, -0.15) is 0 Å². The number of aryl methyl sites for hydroxylation is 1. The first-order valence-corrected chi connectivity index (χ1v) is 6.81. The van der Waals surface area contributed by atoms with Gasteiger partial charge in [-0.15, -0.1) is 15.3 Å². The van der Waals surface area contributed by atoms with Crippen LogP contribution in [0.2, 0.25) is 0 Å². The topological polar surface area (TPSA) is 119 Å². The van der Waals surface area contributed by atoms with Crippen LogP contribution >= 0.6 is 0 Å². The van der Waals surface area contributed by atoms with Crippen LogP contribution in [0.3, 0.4) is 0 Å². The molecule has 112 valence electrons. The summed E-state index contributed by atoms with van der Waals surface area (Å²) in [6, 6.07) is 0. The van der Waals surface area contributed by atoms with Gasteiger partial charge in [-0.1, -0.05) is 5.21 Å². The van der Waals surface area contributed by atoms with Crippen LogP contribution in [0, 0.1) is 6.92 Å². The van der Waals surface area contributed by atoms with E-state index in [1.54, 1.807) is 11.6 Å². The monoisotopic (exact) mass is 292 g/mol. The summed E-state index contributed by atoms with van der Waals surface area (Å²) in [5.74, 6) is -0.0793. The number of hydrogen-bond donors (Lipinski definition) is 2. The van der Waals surface area contributed by atoms with Crippen molar-refractivity contribution in [2.75, 3.05) is 13.1 Å². The number of nitrogens with one attached hydrogen (secondary N) is 1. The Bertz CT molecular complexity index is 643. The highest BCUT2D eigenvalue weighted by molar-refractivity contribution is 5.86. The van der Waals surface area contributed by atoms with Gasteiger partial charge in [-0.05, 0) is 25.9 Å². The molecular weight excluding hydrogens is 276 g/mol. The molecule has 0 saturated carbocycles. The van der Waals surface area contributed by atoms with Crippen LogP contribution in [-0.2, 0) is 6.54 Å². The van der Waals surface area contributed by atoms with E-state index in [-0.39, 0.29) is 18.2 Å². The van der Waals surface area contributed by atoms with E-state index in [0.29, 0.717) is 17.5 Å². The lowest BCUT2D eigenvalue weighted by Crippen LogP contribution is -2.29. The summed E-state index contributed by atoms with van der Waals surface area (Å²) in [6.07, 6.45) is 1.72. The summed E-state index contributed by atoms with van der Waals surface area (Å²) in [4.78, 5) is 11.4. The van der Waals surface area contributed by atoms with E-state index < -0.39 is 5.97 Å². The maximum Gasteiger partial charge on any atom is 0.358 e. The Hall–Kier alpha value is -2.29. The zero-order valence-electron chi connectivity index (χ0n) is 11.6. The van der Waals surface area contributed by atoms with Gasteiger partial charge in [0.05, 0.1) is 5.69 Å². The van der Waals surface area contributed by atoms with Crippen LogP contribution in [0.15, 0.2) is 4.42 Å². The fourth-order valence-electron chi connectivity index (χ4n) is 2.62. The lowest BCUT2D eigenvalue weighted by molar-refractivity contribution is 0.0688. The van der Waals surface area contributed by atoms with Crippen molar-refractivity contribution in [2.24, 2.45) is 0 Å². The summed E-state index contributed by atoms with van der Waals surface area (Å²) >= 11 is 0. The predicted octanol–water partition coefficient (Wildman–Crippen LogP) is 0.183. The van der Waals surface area contributed by atoms with Gasteiger partial charge in [0.2, 0.25) is 11.8 Å². The third-order valence-corrected chi connectivity index (χ3v) is 3.55. The zero-order chi connectivity index (χ0) is 14.8. The van der Waals surface area contributed by atoms with Gasteiger partial charge in [-0.3, -0.25) is 0 Å². The summed E-state index contributed by atoms with van der Waals surface area (Å²) < 4.78 is 6.89. The number of aromatic carboxylic acids is 1. The van der Waals surface area contributed by atoms with Crippen molar-refractivity contribution in [1.29, 1.82) is 0 Å². The Labute approximate surface area is 120 Å². The van der Waals surface area contributed by atoms with Crippen LogP contribution in [0.4, 0.5) is 0 Å². The average molecular weight is 292 g/mol. The highest BCUT2D eigenvalue weighted by Gasteiger charge is 2.28. The summed E-state index contributed by atoms with van der Waals surface area (Å²) in [7, 11) is 0. The molecule has 9 heteroatoms. The van der Waals surface area contributed by atoms with E-state index in [0.717, 1.165) is 25.9 Å². The maximum atomic E-state index is 11.4. The molecule has 0 radical (unpaired) electrons. The third kappa shape index (κ3) is 2.77. The van der Waals surface area contributed by atoms with Crippen molar-refractivity contribution < 1.29 is 14.3 Å². The average Bonchev–Trinajstić information content (AvgIpc) is 3.07. The molecule has 2 aromatic rings. The van der Waals surface area contributed by atoms with Gasteiger partial charge in [0.1, 0.15) is 6.54 Å². The fourth-order valence-corrected chi connectivity index (χ4v) is 2.62. The molecule has 2 N–H and O–H groups in total. The molecule has 0 aliphatic carbocycles. The van der Waals surface area contributed by atoms with E-state index in [1.807, 2.05) is 0 Å². The molecular formula is C12H16N6O3. The zero-order valence-corrected chi connectivity index (χ0v) is 11.6. The van der Waals surface area contributed by atoms with Crippen LogP contribution < -0.4 is 5.32 Å². The Balaban J connectivity index is 1.93. The smallest absolute Gasteiger partial charge is 0.358 e. The summed E-state index contributed by atoms with van der Waals surface area (Å²) in [5, 5.41) is 28.0. The Kier molecular flexibility index (Phi) is 3.65. The number of hydrogen-bond acceptors (Lipinski definition) is 7. The van der Waals surface area contributed by atoms with E-state index in [4.69, 9.17) is 4.42 Å².